The van der Waals surface area contributed by atoms with Gasteiger partial charge in [0.15, 0.2) is 0 Å². The number of Topliss-reactive ketones (excluding diaryl/α,β-unsaturated/α-hetero) is 2. The highest BCUT2D eigenvalue weighted by Gasteiger charge is 2.37. The molecule has 4 nitrogen and oxygen atoms in total. The molecule has 0 amide bonds. The van der Waals surface area contributed by atoms with E-state index in [2.05, 4.69) is 13.8 Å². The second-order valence-electron chi connectivity index (χ2n) is 9.99. The van der Waals surface area contributed by atoms with Crippen molar-refractivity contribution in [3.05, 3.63) is 55.2 Å². The number of ether oxygens (including phenoxy) is 2. The molecule has 4 rings (SSSR count). The fourth-order valence-corrected chi connectivity index (χ4v) is 7.30. The predicted octanol–water partition coefficient (Wildman–Crippen LogP) is 11.0. The van der Waals surface area contributed by atoms with Gasteiger partial charge in [0.1, 0.15) is 11.5 Å². The highest BCUT2D eigenvalue weighted by atomic mass is 35.5. The van der Waals surface area contributed by atoms with E-state index in [-0.39, 0.29) is 42.9 Å². The second kappa shape index (κ2) is 14.5. The van der Waals surface area contributed by atoms with Crippen molar-refractivity contribution < 1.29 is 27.3 Å². The molecule has 0 radical (unpaired) electrons. The summed E-state index contributed by atoms with van der Waals surface area (Å²) in [5.41, 5.74) is 0.599. The summed E-state index contributed by atoms with van der Waals surface area (Å²) in [5.74, 6) is -0.406. The summed E-state index contributed by atoms with van der Waals surface area (Å²) < 4.78 is 59.6. The molecule has 0 spiro atoms. The van der Waals surface area contributed by atoms with Crippen LogP contribution in [0.5, 0.6) is 11.5 Å². The van der Waals surface area contributed by atoms with E-state index in [0.717, 1.165) is 62.0 Å². The number of hydrogen-bond donors (Lipinski definition) is 0. The molecule has 40 heavy (non-hydrogen) atoms. The Bertz CT molecular complexity index is 1380. The van der Waals surface area contributed by atoms with Crippen molar-refractivity contribution in [1.29, 1.82) is 0 Å². The summed E-state index contributed by atoms with van der Waals surface area (Å²) in [5, 5.41) is 0.227. The Morgan fingerprint density at radius 1 is 0.700 bits per heavy atom. The molecule has 2 heterocycles. The first-order valence-electron chi connectivity index (χ1n) is 16.8. The van der Waals surface area contributed by atoms with Gasteiger partial charge >= 0.3 is 0 Å². The number of halogens is 2. The second-order valence-corrected chi connectivity index (χ2v) is 12.9. The zero-order valence-corrected chi connectivity index (χ0v) is 25.9. The minimum atomic E-state index is -2.36. The van der Waals surface area contributed by atoms with Gasteiger partial charge in [-0.25, -0.2) is 0 Å². The van der Waals surface area contributed by atoms with Crippen molar-refractivity contribution in [1.82, 2.24) is 0 Å². The standard InChI is InChI=1S/C32H38Cl2O4S2/c1-5-7-9-11-13-19(3)37-25-17-27-21(15-23(25)33)29(35)31(39-27)32-30(36)22-16-24(34)26(18-28(22)40-32)38-20(4)14-12-10-8-6-2/h15-20H,5-14H2,1-4H3/b32-31-/t19-,20-/m1/s1/i3D3,4D3. The summed E-state index contributed by atoms with van der Waals surface area (Å²) in [6.07, 6.45) is 5.85. The van der Waals surface area contributed by atoms with Gasteiger partial charge in [-0.3, -0.25) is 9.59 Å². The van der Waals surface area contributed by atoms with Gasteiger partial charge in [0.05, 0.1) is 32.1 Å². The van der Waals surface area contributed by atoms with Crippen molar-refractivity contribution in [3.63, 3.8) is 0 Å². The van der Waals surface area contributed by atoms with Crippen LogP contribution >= 0.6 is 46.7 Å². The van der Waals surface area contributed by atoms with Crippen LogP contribution in [0.3, 0.4) is 0 Å². The first-order valence-corrected chi connectivity index (χ1v) is 16.2. The molecule has 2 aliphatic heterocycles. The largest absolute Gasteiger partial charge is 0.489 e. The normalized spacial score (nSPS) is 20.5. The zero-order valence-electron chi connectivity index (χ0n) is 28.7. The first-order chi connectivity index (χ1) is 21.6. The molecular weight excluding hydrogens is 583 g/mol. The predicted molar refractivity (Wildman–Crippen MR) is 168 cm³/mol. The van der Waals surface area contributed by atoms with Crippen LogP contribution in [0, 0.1) is 0 Å². The Morgan fingerprint density at radius 2 is 1.12 bits per heavy atom. The molecule has 0 aliphatic carbocycles. The van der Waals surface area contributed by atoms with Gasteiger partial charge in [0.2, 0.25) is 11.6 Å². The van der Waals surface area contributed by atoms with Crippen molar-refractivity contribution in [2.24, 2.45) is 0 Å². The lowest BCUT2D eigenvalue weighted by Crippen LogP contribution is -2.12. The van der Waals surface area contributed by atoms with Crippen molar-refractivity contribution in [2.45, 2.75) is 114 Å². The molecule has 216 valence electrons. The van der Waals surface area contributed by atoms with Gasteiger partial charge in [0, 0.05) is 29.1 Å². The van der Waals surface area contributed by atoms with Crippen LogP contribution < -0.4 is 9.47 Å². The van der Waals surface area contributed by atoms with Crippen LogP contribution in [0.4, 0.5) is 0 Å². The fourth-order valence-electron chi connectivity index (χ4n) is 4.57. The van der Waals surface area contributed by atoms with E-state index < -0.39 is 25.9 Å². The lowest BCUT2D eigenvalue weighted by molar-refractivity contribution is 0.101. The first kappa shape index (κ1) is 23.9. The Balaban J connectivity index is 1.56. The number of carbonyl (C=O) groups is 2. The Morgan fingerprint density at radius 3 is 1.50 bits per heavy atom. The maximum Gasteiger partial charge on any atom is 0.202 e. The molecule has 0 aromatic heterocycles. The maximum absolute atomic E-state index is 13.5. The summed E-state index contributed by atoms with van der Waals surface area (Å²) in [6, 6.07) is 6.04. The number of thioether (sulfide) groups is 2. The molecule has 0 unspecified atom stereocenters. The third-order valence-corrected chi connectivity index (χ3v) is 9.80. The van der Waals surface area contributed by atoms with Crippen LogP contribution in [-0.2, 0) is 0 Å². The van der Waals surface area contributed by atoms with Gasteiger partial charge < -0.3 is 9.47 Å². The number of rotatable bonds is 14. The monoisotopic (exact) mass is 626 g/mol. The number of fused-ring (bicyclic) bond motifs is 2. The summed E-state index contributed by atoms with van der Waals surface area (Å²) in [7, 11) is 0. The zero-order chi connectivity index (χ0) is 33.8. The molecular formula is C32H38Cl2O4S2. The molecule has 0 fully saturated rings. The highest BCUT2D eigenvalue weighted by molar-refractivity contribution is 8.08. The fraction of sp³-hybridized carbons (Fsp3) is 0.500. The van der Waals surface area contributed by atoms with Crippen LogP contribution in [0.15, 0.2) is 43.9 Å². The summed E-state index contributed by atoms with van der Waals surface area (Å²) in [4.78, 5) is 28.5. The summed E-state index contributed by atoms with van der Waals surface area (Å²) >= 11 is 15.2. The number of allylic oxidation sites excluding steroid dienone is 2. The number of carbonyl (C=O) groups excluding carboxylic acids is 2. The Labute approximate surface area is 265 Å². The van der Waals surface area contributed by atoms with E-state index in [1.807, 2.05) is 0 Å². The smallest absolute Gasteiger partial charge is 0.202 e. The SMILES string of the molecule is [2H]C([2H])([2H])[C@H](CCCCCC)Oc1cc2c(cc1Cl)C(=O)/C(=C1/Sc3cc(O[C@@H](CCCCCC)C([2H])([2H])[2H])c(Cl)cc3C1=O)S2. The number of benzene rings is 2. The van der Waals surface area contributed by atoms with E-state index in [1.54, 1.807) is 12.1 Å². The van der Waals surface area contributed by atoms with Crippen molar-refractivity contribution in [3.8, 4) is 11.5 Å². The Hall–Kier alpha value is -1.60. The van der Waals surface area contributed by atoms with Crippen molar-refractivity contribution in [2.75, 3.05) is 0 Å². The lowest BCUT2D eigenvalue weighted by Gasteiger charge is -2.16. The molecule has 2 aromatic rings. The number of ketones is 2. The average molecular weight is 628 g/mol. The molecule has 0 saturated carbocycles. The maximum atomic E-state index is 13.5. The van der Waals surface area contributed by atoms with E-state index in [9.17, 15) is 9.59 Å². The molecule has 0 N–H and O–H groups in total. The van der Waals surface area contributed by atoms with Crippen LogP contribution in [0.25, 0.3) is 0 Å². The molecule has 0 bridgehead atoms. The minimum absolute atomic E-state index is 0.113. The van der Waals surface area contributed by atoms with Crippen LogP contribution in [-0.4, -0.2) is 23.8 Å². The van der Waals surface area contributed by atoms with Gasteiger partial charge in [-0.05, 0) is 63.7 Å². The number of unbranched alkanes of at least 4 members (excludes halogenated alkanes) is 6. The van der Waals surface area contributed by atoms with Gasteiger partial charge in [-0.1, -0.05) is 99.1 Å². The van der Waals surface area contributed by atoms with E-state index >= 15 is 0 Å². The highest BCUT2D eigenvalue weighted by Crippen LogP contribution is 2.52. The molecule has 2 aliphatic rings. The third-order valence-electron chi connectivity index (χ3n) is 6.78. The molecule has 2 atom stereocenters. The minimum Gasteiger partial charge on any atom is -0.489 e. The van der Waals surface area contributed by atoms with E-state index in [4.69, 9.17) is 40.9 Å². The van der Waals surface area contributed by atoms with Gasteiger partial charge in [-0.2, -0.15) is 0 Å². The molecule has 2 aromatic carbocycles. The third kappa shape index (κ3) is 7.42. The number of hydrogen-bond acceptors (Lipinski definition) is 6. The molecule has 0 saturated heterocycles. The lowest BCUT2D eigenvalue weighted by atomic mass is 10.1. The molecule has 8 heteroatoms. The average Bonchev–Trinajstić information content (AvgIpc) is 3.45. The van der Waals surface area contributed by atoms with Crippen LogP contribution in [0.1, 0.15) is 121 Å². The van der Waals surface area contributed by atoms with Gasteiger partial charge in [-0.15, -0.1) is 0 Å². The van der Waals surface area contributed by atoms with Crippen LogP contribution in [0.2, 0.25) is 10.0 Å². The van der Waals surface area contributed by atoms with E-state index in [0.29, 0.717) is 46.6 Å². The van der Waals surface area contributed by atoms with Crippen molar-refractivity contribution >= 4 is 58.3 Å². The van der Waals surface area contributed by atoms with Gasteiger partial charge in [0.25, 0.3) is 0 Å². The van der Waals surface area contributed by atoms with E-state index in [1.165, 1.54) is 12.1 Å². The topological polar surface area (TPSA) is 52.6 Å². The quantitative estimate of drug-likeness (QED) is 0.153. The summed E-state index contributed by atoms with van der Waals surface area (Å²) in [6.45, 7) is -0.551. The Kier molecular flexibility index (Phi) is 8.68.